The van der Waals surface area contributed by atoms with E-state index < -0.39 is 0 Å². The Bertz CT molecular complexity index is 847. The third-order valence-corrected chi connectivity index (χ3v) is 5.27. The summed E-state index contributed by atoms with van der Waals surface area (Å²) in [5.74, 6) is 2.38. The summed E-state index contributed by atoms with van der Waals surface area (Å²) in [6.07, 6.45) is 7.27. The van der Waals surface area contributed by atoms with Crippen molar-refractivity contribution in [3.8, 4) is 0 Å². The van der Waals surface area contributed by atoms with Crippen LogP contribution in [-0.2, 0) is 19.4 Å². The number of hydrogen-bond acceptors (Lipinski definition) is 6. The summed E-state index contributed by atoms with van der Waals surface area (Å²) in [4.78, 5) is 2.41. The fourth-order valence-electron chi connectivity index (χ4n) is 3.94. The van der Waals surface area contributed by atoms with Gasteiger partial charge in [0.2, 0.25) is 0 Å². The summed E-state index contributed by atoms with van der Waals surface area (Å²) in [6, 6.07) is 4.10. The lowest BCUT2D eigenvalue weighted by atomic mass is 9.96. The summed E-state index contributed by atoms with van der Waals surface area (Å²) in [5.41, 5.74) is 3.48. The molecule has 0 atom stereocenters. The predicted octanol–water partition coefficient (Wildman–Crippen LogP) is 1.98. The van der Waals surface area contributed by atoms with Gasteiger partial charge in [-0.3, -0.25) is 4.90 Å². The van der Waals surface area contributed by atoms with Crippen LogP contribution in [0.15, 0.2) is 22.9 Å². The smallest absolute Gasteiger partial charge is 0.178 e. The van der Waals surface area contributed by atoms with Crippen LogP contribution in [0.2, 0.25) is 0 Å². The number of piperidine rings is 1. The number of rotatable bonds is 3. The molecule has 0 bridgehead atoms. The van der Waals surface area contributed by atoms with Crippen molar-refractivity contribution in [1.29, 1.82) is 0 Å². The van der Waals surface area contributed by atoms with Crippen molar-refractivity contribution in [2.45, 2.75) is 44.6 Å². The Kier molecular flexibility index (Phi) is 3.33. The second-order valence-corrected chi connectivity index (χ2v) is 6.83. The van der Waals surface area contributed by atoms with Crippen LogP contribution in [0.1, 0.15) is 48.0 Å². The average molecular weight is 324 g/mol. The zero-order valence-corrected chi connectivity index (χ0v) is 13.6. The van der Waals surface area contributed by atoms with E-state index in [0.29, 0.717) is 5.92 Å². The van der Waals surface area contributed by atoms with Crippen LogP contribution in [0.3, 0.4) is 0 Å². The molecule has 5 rings (SSSR count). The van der Waals surface area contributed by atoms with Crippen molar-refractivity contribution in [3.63, 3.8) is 0 Å². The van der Waals surface area contributed by atoms with E-state index in [-0.39, 0.29) is 0 Å². The Hall–Kier alpha value is -2.28. The van der Waals surface area contributed by atoms with Crippen molar-refractivity contribution in [2.75, 3.05) is 13.1 Å². The second-order valence-electron chi connectivity index (χ2n) is 6.83. The highest BCUT2D eigenvalue weighted by atomic mass is 16.5. The Morgan fingerprint density at radius 3 is 2.92 bits per heavy atom. The summed E-state index contributed by atoms with van der Waals surface area (Å²) < 4.78 is 7.19. The normalized spacial score (nSPS) is 19.2. The Labute approximate surface area is 139 Å². The highest BCUT2D eigenvalue weighted by Gasteiger charge is 2.26. The van der Waals surface area contributed by atoms with Crippen molar-refractivity contribution in [2.24, 2.45) is 0 Å². The minimum atomic E-state index is 0.429. The van der Waals surface area contributed by atoms with Gasteiger partial charge < -0.3 is 4.52 Å². The van der Waals surface area contributed by atoms with Crippen LogP contribution in [0.25, 0.3) is 5.65 Å². The van der Waals surface area contributed by atoms with Gasteiger partial charge in [-0.1, -0.05) is 5.16 Å². The number of aromatic nitrogens is 5. The van der Waals surface area contributed by atoms with Gasteiger partial charge in [0, 0.05) is 12.0 Å². The molecule has 0 aromatic carbocycles. The molecule has 3 aromatic rings. The van der Waals surface area contributed by atoms with Gasteiger partial charge in [0.25, 0.3) is 0 Å². The molecule has 0 radical (unpaired) electrons. The fraction of sp³-hybridized carbons (Fsp3) is 0.529. The van der Waals surface area contributed by atoms with Crippen LogP contribution >= 0.6 is 0 Å². The molecule has 1 fully saturated rings. The molecular weight excluding hydrogens is 304 g/mol. The summed E-state index contributed by atoms with van der Waals surface area (Å²) in [5, 5.41) is 17.4. The molecule has 0 amide bonds. The molecule has 124 valence electrons. The van der Waals surface area contributed by atoms with E-state index in [1.54, 1.807) is 6.20 Å². The number of aryl methyl sites for hydroxylation is 2. The van der Waals surface area contributed by atoms with Gasteiger partial charge in [0.1, 0.15) is 0 Å². The molecule has 7 nitrogen and oxygen atoms in total. The maximum absolute atomic E-state index is 5.21. The third-order valence-electron chi connectivity index (χ3n) is 5.27. The van der Waals surface area contributed by atoms with Gasteiger partial charge in [0.05, 0.1) is 18.4 Å². The first kappa shape index (κ1) is 14.1. The lowest BCUT2D eigenvalue weighted by Gasteiger charge is -2.30. The van der Waals surface area contributed by atoms with Crippen LogP contribution in [0, 0.1) is 0 Å². The highest BCUT2D eigenvalue weighted by Crippen LogP contribution is 2.29. The van der Waals surface area contributed by atoms with E-state index >= 15 is 0 Å². The van der Waals surface area contributed by atoms with E-state index in [9.17, 15) is 0 Å². The molecule has 0 unspecified atom stereocenters. The van der Waals surface area contributed by atoms with Crippen LogP contribution in [0.5, 0.6) is 0 Å². The molecule has 0 N–H and O–H groups in total. The first-order valence-electron chi connectivity index (χ1n) is 8.73. The summed E-state index contributed by atoms with van der Waals surface area (Å²) >= 11 is 0. The molecule has 7 heteroatoms. The first-order valence-corrected chi connectivity index (χ1v) is 8.73. The monoisotopic (exact) mass is 324 g/mol. The van der Waals surface area contributed by atoms with Gasteiger partial charge >= 0.3 is 0 Å². The zero-order chi connectivity index (χ0) is 15.9. The van der Waals surface area contributed by atoms with Gasteiger partial charge in [-0.05, 0) is 56.8 Å². The number of hydrogen-bond donors (Lipinski definition) is 0. The van der Waals surface area contributed by atoms with Crippen LogP contribution in [0.4, 0.5) is 0 Å². The largest absolute Gasteiger partial charge is 0.360 e. The Morgan fingerprint density at radius 1 is 1.17 bits per heavy atom. The van der Waals surface area contributed by atoms with E-state index in [0.717, 1.165) is 62.5 Å². The van der Waals surface area contributed by atoms with E-state index in [1.807, 2.05) is 10.6 Å². The molecule has 3 aromatic heterocycles. The van der Waals surface area contributed by atoms with Gasteiger partial charge in [0.15, 0.2) is 17.2 Å². The second kappa shape index (κ2) is 5.66. The number of nitrogens with zero attached hydrogens (tertiary/aromatic N) is 6. The molecule has 0 saturated carbocycles. The van der Waals surface area contributed by atoms with Crippen molar-refractivity contribution in [1.82, 2.24) is 29.9 Å². The van der Waals surface area contributed by atoms with Gasteiger partial charge in [-0.15, -0.1) is 10.2 Å². The molecule has 1 aliphatic heterocycles. The van der Waals surface area contributed by atoms with E-state index in [4.69, 9.17) is 9.62 Å². The topological polar surface area (TPSA) is 72.4 Å². The molecule has 1 aliphatic carbocycles. The SMILES string of the molecule is c1cc(CN2CCC(c3nnc4cc5c(nn34)CCC5)CC2)on1. The molecule has 4 heterocycles. The standard InChI is InChI=1S/C17H20N6O/c1-2-13-10-16-19-20-17(23(16)21-15(13)3-1)12-5-8-22(9-6-12)11-14-4-7-18-24-14/h4,7,10,12H,1-3,5-6,8-9,11H2. The first-order chi connectivity index (χ1) is 11.9. The Balaban J connectivity index is 1.34. The van der Waals surface area contributed by atoms with Gasteiger partial charge in [-0.2, -0.15) is 9.61 Å². The number of likely N-dealkylation sites (tertiary alicyclic amines) is 1. The average Bonchev–Trinajstić information content (AvgIpc) is 3.34. The van der Waals surface area contributed by atoms with E-state index in [1.165, 1.54) is 17.7 Å². The molecule has 0 spiro atoms. The third kappa shape index (κ3) is 2.39. The molecular formula is C17H20N6O. The minimum Gasteiger partial charge on any atom is -0.360 e. The van der Waals surface area contributed by atoms with Crippen molar-refractivity contribution >= 4 is 5.65 Å². The maximum Gasteiger partial charge on any atom is 0.178 e. The molecule has 1 saturated heterocycles. The van der Waals surface area contributed by atoms with Crippen LogP contribution in [-0.4, -0.2) is 43.0 Å². The molecule has 2 aliphatic rings. The number of fused-ring (bicyclic) bond motifs is 2. The quantitative estimate of drug-likeness (QED) is 0.733. The predicted molar refractivity (Wildman–Crippen MR) is 86.6 cm³/mol. The van der Waals surface area contributed by atoms with Crippen molar-refractivity contribution in [3.05, 3.63) is 41.2 Å². The lowest BCUT2D eigenvalue weighted by molar-refractivity contribution is 0.181. The maximum atomic E-state index is 5.21. The minimum absolute atomic E-state index is 0.429. The fourth-order valence-corrected chi connectivity index (χ4v) is 3.94. The van der Waals surface area contributed by atoms with Crippen LogP contribution < -0.4 is 0 Å². The zero-order valence-electron chi connectivity index (χ0n) is 13.6. The Morgan fingerprint density at radius 2 is 2.08 bits per heavy atom. The van der Waals surface area contributed by atoms with Crippen molar-refractivity contribution < 1.29 is 4.52 Å². The summed E-state index contributed by atoms with van der Waals surface area (Å²) in [6.45, 7) is 2.90. The summed E-state index contributed by atoms with van der Waals surface area (Å²) in [7, 11) is 0. The van der Waals surface area contributed by atoms with E-state index in [2.05, 4.69) is 26.3 Å². The lowest BCUT2D eigenvalue weighted by Crippen LogP contribution is -2.33. The molecule has 24 heavy (non-hydrogen) atoms. The van der Waals surface area contributed by atoms with Gasteiger partial charge in [-0.25, -0.2) is 0 Å². The highest BCUT2D eigenvalue weighted by molar-refractivity contribution is 5.43.